The first-order chi connectivity index (χ1) is 6.33. The molecule has 0 amide bonds. The molecule has 0 saturated carbocycles. The van der Waals surface area contributed by atoms with Crippen molar-refractivity contribution < 1.29 is 0 Å². The molecule has 0 aromatic carbocycles. The number of hydrogen-bond acceptors (Lipinski definition) is 4. The molecule has 3 nitrogen and oxygen atoms in total. The third-order valence-corrected chi connectivity index (χ3v) is 3.44. The van der Waals surface area contributed by atoms with Crippen molar-refractivity contribution >= 4 is 11.3 Å². The molecule has 13 heavy (non-hydrogen) atoms. The van der Waals surface area contributed by atoms with Crippen molar-refractivity contribution in [3.63, 3.8) is 0 Å². The zero-order chi connectivity index (χ0) is 9.26. The molecule has 1 aliphatic rings. The van der Waals surface area contributed by atoms with Gasteiger partial charge in [0.1, 0.15) is 0 Å². The lowest BCUT2D eigenvalue weighted by Crippen LogP contribution is -2.52. The van der Waals surface area contributed by atoms with Crippen molar-refractivity contribution in [3.05, 3.63) is 16.6 Å². The fraction of sp³-hybridized carbons (Fsp3) is 0.667. The number of rotatable bonds is 3. The van der Waals surface area contributed by atoms with Gasteiger partial charge in [0.05, 0.1) is 17.2 Å². The second-order valence-corrected chi connectivity index (χ2v) is 4.22. The fourth-order valence-corrected chi connectivity index (χ4v) is 2.46. The summed E-state index contributed by atoms with van der Waals surface area (Å²) in [5.74, 6) is 0. The second-order valence-electron chi connectivity index (χ2n) is 3.51. The van der Waals surface area contributed by atoms with E-state index < -0.39 is 0 Å². The summed E-state index contributed by atoms with van der Waals surface area (Å²) < 4.78 is 0. The van der Waals surface area contributed by atoms with Gasteiger partial charge in [0.15, 0.2) is 0 Å². The molecule has 72 valence electrons. The van der Waals surface area contributed by atoms with Crippen molar-refractivity contribution in [2.24, 2.45) is 5.73 Å². The number of thiazole rings is 1. The molecule has 1 aromatic heterocycles. The molecule has 2 rings (SSSR count). The molecule has 0 radical (unpaired) electrons. The molecule has 1 aliphatic heterocycles. The Morgan fingerprint density at radius 2 is 2.69 bits per heavy atom. The topological polar surface area (TPSA) is 42.2 Å². The van der Waals surface area contributed by atoms with Crippen LogP contribution in [-0.4, -0.2) is 29.0 Å². The van der Waals surface area contributed by atoms with Gasteiger partial charge in [-0.1, -0.05) is 0 Å². The predicted molar refractivity (Wildman–Crippen MR) is 54.7 cm³/mol. The van der Waals surface area contributed by atoms with Crippen molar-refractivity contribution in [1.82, 2.24) is 9.88 Å². The number of nitrogens with zero attached hydrogens (tertiary/aromatic N) is 2. The fourth-order valence-electron chi connectivity index (χ4n) is 1.82. The van der Waals surface area contributed by atoms with Crippen molar-refractivity contribution in [3.8, 4) is 0 Å². The van der Waals surface area contributed by atoms with Gasteiger partial charge in [-0.3, -0.25) is 4.90 Å². The standard InChI is InChI=1S/C9H15N3S/c1-7(9-5-13-6-11-9)12-3-2-8(12)4-10/h5-8H,2-4,10H2,1H3. The largest absolute Gasteiger partial charge is 0.329 e. The first-order valence-electron chi connectivity index (χ1n) is 4.67. The molecule has 2 unspecified atom stereocenters. The van der Waals surface area contributed by atoms with Crippen molar-refractivity contribution in [1.29, 1.82) is 0 Å². The molecule has 2 heterocycles. The van der Waals surface area contributed by atoms with Crippen LogP contribution in [0.25, 0.3) is 0 Å². The summed E-state index contributed by atoms with van der Waals surface area (Å²) in [7, 11) is 0. The Morgan fingerprint density at radius 1 is 1.85 bits per heavy atom. The first-order valence-corrected chi connectivity index (χ1v) is 5.61. The normalized spacial score (nSPS) is 25.5. The molecule has 0 spiro atoms. The highest BCUT2D eigenvalue weighted by Gasteiger charge is 2.31. The SMILES string of the molecule is CC(c1cscn1)N1CCC1CN. The van der Waals surface area contributed by atoms with E-state index in [9.17, 15) is 0 Å². The molecule has 0 aliphatic carbocycles. The van der Waals surface area contributed by atoms with Crippen molar-refractivity contribution in [2.75, 3.05) is 13.1 Å². The van der Waals surface area contributed by atoms with E-state index in [0.29, 0.717) is 12.1 Å². The lowest BCUT2D eigenvalue weighted by Gasteiger charge is -2.43. The van der Waals surface area contributed by atoms with Crippen LogP contribution in [0.15, 0.2) is 10.9 Å². The molecular weight excluding hydrogens is 182 g/mol. The molecule has 1 fully saturated rings. The Kier molecular flexibility index (Phi) is 2.62. The zero-order valence-electron chi connectivity index (χ0n) is 7.81. The number of aromatic nitrogens is 1. The summed E-state index contributed by atoms with van der Waals surface area (Å²) in [5.41, 5.74) is 8.73. The Bertz CT molecular complexity index is 258. The quantitative estimate of drug-likeness (QED) is 0.792. The molecule has 0 bridgehead atoms. The Labute approximate surface area is 82.6 Å². The predicted octanol–water partition coefficient (Wildman–Crippen LogP) is 1.24. The maximum absolute atomic E-state index is 5.66. The van der Waals surface area contributed by atoms with Gasteiger partial charge in [0.2, 0.25) is 0 Å². The van der Waals surface area contributed by atoms with E-state index in [0.717, 1.165) is 6.54 Å². The molecule has 1 saturated heterocycles. The zero-order valence-corrected chi connectivity index (χ0v) is 8.63. The van der Waals surface area contributed by atoms with Crippen LogP contribution >= 0.6 is 11.3 Å². The summed E-state index contributed by atoms with van der Waals surface area (Å²) in [4.78, 5) is 6.75. The van der Waals surface area contributed by atoms with Gasteiger partial charge in [-0.15, -0.1) is 11.3 Å². The third kappa shape index (κ3) is 1.61. The van der Waals surface area contributed by atoms with E-state index in [-0.39, 0.29) is 0 Å². The monoisotopic (exact) mass is 197 g/mol. The van der Waals surface area contributed by atoms with Gasteiger partial charge in [0.25, 0.3) is 0 Å². The Balaban J connectivity index is 2.01. The van der Waals surface area contributed by atoms with Crippen LogP contribution < -0.4 is 5.73 Å². The average molecular weight is 197 g/mol. The van der Waals surface area contributed by atoms with E-state index in [2.05, 4.69) is 22.2 Å². The Hall–Kier alpha value is -0.450. The highest BCUT2D eigenvalue weighted by molar-refractivity contribution is 7.07. The van der Waals surface area contributed by atoms with Crippen LogP contribution in [0.2, 0.25) is 0 Å². The maximum atomic E-state index is 5.66. The van der Waals surface area contributed by atoms with E-state index in [1.54, 1.807) is 11.3 Å². The highest BCUT2D eigenvalue weighted by atomic mass is 32.1. The van der Waals surface area contributed by atoms with Crippen LogP contribution in [0.4, 0.5) is 0 Å². The van der Waals surface area contributed by atoms with Crippen LogP contribution in [0, 0.1) is 0 Å². The molecular formula is C9H15N3S. The maximum Gasteiger partial charge on any atom is 0.0795 e. The number of nitrogens with two attached hydrogens (primary N) is 1. The molecule has 1 aromatic rings. The minimum absolute atomic E-state index is 0.438. The average Bonchev–Trinajstić information content (AvgIpc) is 2.54. The Morgan fingerprint density at radius 3 is 3.15 bits per heavy atom. The highest BCUT2D eigenvalue weighted by Crippen LogP contribution is 2.29. The van der Waals surface area contributed by atoms with Gasteiger partial charge < -0.3 is 5.73 Å². The second kappa shape index (κ2) is 3.74. The van der Waals surface area contributed by atoms with Gasteiger partial charge >= 0.3 is 0 Å². The smallest absolute Gasteiger partial charge is 0.0795 e. The first kappa shape index (κ1) is 9.12. The summed E-state index contributed by atoms with van der Waals surface area (Å²) >= 11 is 1.66. The van der Waals surface area contributed by atoms with Crippen LogP contribution in [0.3, 0.4) is 0 Å². The number of hydrogen-bond donors (Lipinski definition) is 1. The van der Waals surface area contributed by atoms with E-state index in [4.69, 9.17) is 5.73 Å². The van der Waals surface area contributed by atoms with E-state index in [1.165, 1.54) is 18.7 Å². The third-order valence-electron chi connectivity index (χ3n) is 2.84. The van der Waals surface area contributed by atoms with Crippen LogP contribution in [0.1, 0.15) is 25.1 Å². The van der Waals surface area contributed by atoms with Gasteiger partial charge in [-0.2, -0.15) is 0 Å². The summed E-state index contributed by atoms with van der Waals surface area (Å²) in [6.07, 6.45) is 1.24. The van der Waals surface area contributed by atoms with Gasteiger partial charge in [-0.25, -0.2) is 4.98 Å². The lowest BCUT2D eigenvalue weighted by molar-refractivity contribution is 0.0523. The van der Waals surface area contributed by atoms with E-state index in [1.807, 2.05) is 5.51 Å². The minimum atomic E-state index is 0.438. The molecule has 2 N–H and O–H groups in total. The summed E-state index contributed by atoms with van der Waals surface area (Å²) in [6.45, 7) is 4.14. The van der Waals surface area contributed by atoms with E-state index >= 15 is 0 Å². The summed E-state index contributed by atoms with van der Waals surface area (Å²) in [6, 6.07) is 1.02. The van der Waals surface area contributed by atoms with Crippen LogP contribution in [-0.2, 0) is 0 Å². The van der Waals surface area contributed by atoms with Gasteiger partial charge in [0, 0.05) is 24.5 Å². The van der Waals surface area contributed by atoms with Crippen LogP contribution in [0.5, 0.6) is 0 Å². The number of likely N-dealkylation sites (tertiary alicyclic amines) is 1. The summed E-state index contributed by atoms with van der Waals surface area (Å²) in [5, 5.41) is 2.12. The lowest BCUT2D eigenvalue weighted by atomic mass is 9.99. The molecule has 4 heteroatoms. The minimum Gasteiger partial charge on any atom is -0.329 e. The van der Waals surface area contributed by atoms with Gasteiger partial charge in [-0.05, 0) is 13.3 Å². The van der Waals surface area contributed by atoms with Crippen molar-refractivity contribution in [2.45, 2.75) is 25.4 Å². The molecule has 2 atom stereocenters.